The fourth-order valence-corrected chi connectivity index (χ4v) is 5.08. The van der Waals surface area contributed by atoms with Gasteiger partial charge < -0.3 is 15.4 Å². The number of amides is 3. The lowest BCUT2D eigenvalue weighted by molar-refractivity contribution is -0.127. The Morgan fingerprint density at radius 2 is 1.71 bits per heavy atom. The van der Waals surface area contributed by atoms with E-state index in [2.05, 4.69) is 15.6 Å². The van der Waals surface area contributed by atoms with E-state index in [9.17, 15) is 14.4 Å². The van der Waals surface area contributed by atoms with E-state index in [0.717, 1.165) is 32.1 Å². The van der Waals surface area contributed by atoms with Crippen molar-refractivity contribution in [1.29, 1.82) is 0 Å². The van der Waals surface area contributed by atoms with Gasteiger partial charge in [0.1, 0.15) is 23.4 Å². The van der Waals surface area contributed by atoms with Crippen LogP contribution in [0.1, 0.15) is 69.9 Å². The fourth-order valence-electron chi connectivity index (χ4n) is 5.08. The third-order valence-corrected chi connectivity index (χ3v) is 7.07. The van der Waals surface area contributed by atoms with Gasteiger partial charge in [-0.05, 0) is 68.1 Å². The van der Waals surface area contributed by atoms with Gasteiger partial charge in [0.15, 0.2) is 0 Å². The summed E-state index contributed by atoms with van der Waals surface area (Å²) < 4.78 is 20.8. The van der Waals surface area contributed by atoms with Gasteiger partial charge in [-0.25, -0.2) is 9.37 Å². The van der Waals surface area contributed by atoms with E-state index in [-0.39, 0.29) is 42.8 Å². The molecule has 1 aromatic heterocycles. The molecule has 216 valence electrons. The first kappa shape index (κ1) is 29.7. The topological polar surface area (TPSA) is 101 Å². The number of para-hydroxylation sites is 1. The van der Waals surface area contributed by atoms with Crippen molar-refractivity contribution in [2.24, 2.45) is 0 Å². The maximum absolute atomic E-state index is 15.2. The number of carbonyl (C=O) groups is 3. The molecule has 1 heterocycles. The maximum Gasteiger partial charge on any atom is 0.248 e. The molecule has 41 heavy (non-hydrogen) atoms. The highest BCUT2D eigenvalue weighted by molar-refractivity contribution is 6.01. The molecule has 1 aliphatic rings. The Bertz CT molecular complexity index is 1300. The molecule has 1 aliphatic carbocycles. The second-order valence-corrected chi connectivity index (χ2v) is 10.1. The molecule has 3 aromatic rings. The van der Waals surface area contributed by atoms with E-state index in [1.807, 2.05) is 6.92 Å². The van der Waals surface area contributed by atoms with E-state index in [1.54, 1.807) is 54.7 Å². The van der Waals surface area contributed by atoms with E-state index >= 15 is 4.39 Å². The highest BCUT2D eigenvalue weighted by Crippen LogP contribution is 2.32. The van der Waals surface area contributed by atoms with E-state index < -0.39 is 17.8 Å². The second kappa shape index (κ2) is 14.9. The Labute approximate surface area is 240 Å². The average Bonchev–Trinajstić information content (AvgIpc) is 2.98. The average molecular weight is 561 g/mol. The molecule has 0 aliphatic heterocycles. The number of pyridine rings is 1. The quantitative estimate of drug-likeness (QED) is 0.285. The van der Waals surface area contributed by atoms with Crippen LogP contribution < -0.4 is 20.3 Å². The van der Waals surface area contributed by atoms with Crippen LogP contribution in [0.5, 0.6) is 5.75 Å². The van der Waals surface area contributed by atoms with E-state index in [4.69, 9.17) is 4.74 Å². The first-order valence-electron chi connectivity index (χ1n) is 14.3. The lowest BCUT2D eigenvalue weighted by Gasteiger charge is -2.33. The van der Waals surface area contributed by atoms with Crippen molar-refractivity contribution in [3.63, 3.8) is 0 Å². The Kier molecular flexibility index (Phi) is 10.8. The molecular weight excluding hydrogens is 523 g/mol. The van der Waals surface area contributed by atoms with Crippen molar-refractivity contribution >= 4 is 29.2 Å². The van der Waals surface area contributed by atoms with Crippen LogP contribution in [0.15, 0.2) is 72.9 Å². The molecule has 0 radical (unpaired) electrons. The number of hydrogen-bond acceptors (Lipinski definition) is 5. The first-order valence-corrected chi connectivity index (χ1v) is 14.3. The largest absolute Gasteiger partial charge is 0.494 e. The maximum atomic E-state index is 15.2. The van der Waals surface area contributed by atoms with Crippen LogP contribution in [0.4, 0.5) is 15.9 Å². The van der Waals surface area contributed by atoms with Gasteiger partial charge in [-0.1, -0.05) is 49.6 Å². The van der Waals surface area contributed by atoms with Crippen LogP contribution >= 0.6 is 0 Å². The molecule has 2 N–H and O–H groups in total. The molecule has 1 saturated carbocycles. The van der Waals surface area contributed by atoms with Crippen molar-refractivity contribution in [2.75, 3.05) is 16.8 Å². The van der Waals surface area contributed by atoms with Gasteiger partial charge in [0, 0.05) is 25.1 Å². The highest BCUT2D eigenvalue weighted by Gasteiger charge is 2.35. The monoisotopic (exact) mass is 560 g/mol. The molecule has 3 amide bonds. The van der Waals surface area contributed by atoms with E-state index in [1.165, 1.54) is 23.1 Å². The zero-order valence-electron chi connectivity index (χ0n) is 23.4. The number of benzene rings is 2. The van der Waals surface area contributed by atoms with Gasteiger partial charge in [-0.2, -0.15) is 0 Å². The lowest BCUT2D eigenvalue weighted by atomic mass is 9.94. The minimum atomic E-state index is -1.11. The zero-order valence-corrected chi connectivity index (χ0v) is 23.4. The Morgan fingerprint density at radius 1 is 0.976 bits per heavy atom. The summed E-state index contributed by atoms with van der Waals surface area (Å²) in [5.74, 6) is -0.678. The molecule has 4 rings (SSSR count). The molecule has 2 aromatic carbocycles. The predicted molar refractivity (Wildman–Crippen MR) is 156 cm³/mol. The van der Waals surface area contributed by atoms with Crippen LogP contribution in [0.2, 0.25) is 0 Å². The summed E-state index contributed by atoms with van der Waals surface area (Å²) >= 11 is 0. The number of nitrogens with one attached hydrogen (secondary N) is 2. The van der Waals surface area contributed by atoms with Crippen LogP contribution in [-0.2, 0) is 14.4 Å². The molecule has 8 nitrogen and oxygen atoms in total. The summed E-state index contributed by atoms with van der Waals surface area (Å²) in [7, 11) is 0. The third kappa shape index (κ3) is 8.36. The van der Waals surface area contributed by atoms with E-state index in [0.29, 0.717) is 23.7 Å². The summed E-state index contributed by atoms with van der Waals surface area (Å²) in [5, 5.41) is 5.83. The molecule has 1 atom stereocenters. The Hall–Kier alpha value is -4.27. The van der Waals surface area contributed by atoms with Crippen LogP contribution in [0.3, 0.4) is 0 Å². The molecule has 1 fully saturated rings. The summed E-state index contributed by atoms with van der Waals surface area (Å²) in [4.78, 5) is 45.5. The minimum absolute atomic E-state index is 0.00527. The molecular formula is C32H37FN4O4. The van der Waals surface area contributed by atoms with Gasteiger partial charge in [-0.3, -0.25) is 19.3 Å². The van der Waals surface area contributed by atoms with Gasteiger partial charge in [0.05, 0.1) is 12.3 Å². The molecule has 0 spiro atoms. The number of rotatable bonds is 12. The number of halogens is 1. The fraction of sp³-hybridized carbons (Fsp3) is 0.375. The van der Waals surface area contributed by atoms with Gasteiger partial charge in [0.2, 0.25) is 17.7 Å². The summed E-state index contributed by atoms with van der Waals surface area (Å²) in [6.07, 6.45) is 6.69. The zero-order chi connectivity index (χ0) is 29.0. The Morgan fingerprint density at radius 3 is 2.39 bits per heavy atom. The van der Waals surface area contributed by atoms with Crippen molar-refractivity contribution in [3.05, 3.63) is 84.3 Å². The van der Waals surface area contributed by atoms with Crippen molar-refractivity contribution in [1.82, 2.24) is 10.3 Å². The number of ether oxygens (including phenoxy) is 1. The van der Waals surface area contributed by atoms with Crippen molar-refractivity contribution < 1.29 is 23.5 Å². The Balaban J connectivity index is 1.59. The summed E-state index contributed by atoms with van der Waals surface area (Å²) in [6.45, 7) is 2.36. The first-order chi connectivity index (χ1) is 20.0. The normalized spacial score (nSPS) is 14.1. The number of anilines is 2. The number of nitrogens with zero attached hydrogens (tertiary/aromatic N) is 2. The molecule has 0 saturated heterocycles. The smallest absolute Gasteiger partial charge is 0.248 e. The van der Waals surface area contributed by atoms with Crippen LogP contribution in [0, 0.1) is 5.82 Å². The summed E-state index contributed by atoms with van der Waals surface area (Å²) in [5.41, 5.74) is 0.541. The van der Waals surface area contributed by atoms with Gasteiger partial charge >= 0.3 is 0 Å². The highest BCUT2D eigenvalue weighted by atomic mass is 19.1. The van der Waals surface area contributed by atoms with Gasteiger partial charge in [0.25, 0.3) is 0 Å². The third-order valence-electron chi connectivity index (χ3n) is 7.07. The molecule has 1 unspecified atom stereocenters. The van der Waals surface area contributed by atoms with Crippen molar-refractivity contribution in [3.8, 4) is 5.75 Å². The van der Waals surface area contributed by atoms with Crippen LogP contribution in [-0.4, -0.2) is 35.4 Å². The van der Waals surface area contributed by atoms with Crippen LogP contribution in [0.25, 0.3) is 0 Å². The molecule has 0 bridgehead atoms. The summed E-state index contributed by atoms with van der Waals surface area (Å²) in [6, 6.07) is 17.0. The standard InChI is InChI=1S/C32H37FN4O4/c1-2-41-25-20-18-23(19-21-25)31(32(40)35-24-11-4-3-5-12-24)37(27-14-7-6-13-26(27)33)30(39)17-10-16-29(38)36-28-15-8-9-22-34-28/h6-9,13-15,18-22,24,31H,2-5,10-12,16-17H2,1H3,(H,35,40)(H,34,36,38). The van der Waals surface area contributed by atoms with Crippen molar-refractivity contribution in [2.45, 2.75) is 70.4 Å². The minimum Gasteiger partial charge on any atom is -0.494 e. The number of hydrogen-bond donors (Lipinski definition) is 2. The number of aromatic nitrogens is 1. The van der Waals surface area contributed by atoms with Gasteiger partial charge in [-0.15, -0.1) is 0 Å². The molecule has 9 heteroatoms. The SMILES string of the molecule is CCOc1ccc(C(C(=O)NC2CCCCC2)N(C(=O)CCCC(=O)Nc2ccccn2)c2ccccc2F)cc1. The lowest BCUT2D eigenvalue weighted by Crippen LogP contribution is -2.47. The number of carbonyl (C=O) groups excluding carboxylic acids is 3. The second-order valence-electron chi connectivity index (χ2n) is 10.1. The predicted octanol–water partition coefficient (Wildman–Crippen LogP) is 5.95.